The van der Waals surface area contributed by atoms with Gasteiger partial charge < -0.3 is 28.5 Å². The fourth-order valence-electron chi connectivity index (χ4n) is 5.85. The van der Waals surface area contributed by atoms with E-state index in [9.17, 15) is 19.5 Å². The van der Waals surface area contributed by atoms with Gasteiger partial charge in [0.1, 0.15) is 13.2 Å². The first-order valence-electron chi connectivity index (χ1n) is 22.2. The van der Waals surface area contributed by atoms with Crippen molar-refractivity contribution in [3.8, 4) is 0 Å². The van der Waals surface area contributed by atoms with E-state index in [-0.39, 0.29) is 32.2 Å². The molecule has 0 aliphatic rings. The number of carboxylic acid groups (broad SMARTS) is 1. The zero-order valence-corrected chi connectivity index (χ0v) is 36.1. The number of hydrogen-bond donors (Lipinski definition) is 1. The van der Waals surface area contributed by atoms with E-state index in [0.29, 0.717) is 23.9 Å². The van der Waals surface area contributed by atoms with Crippen LogP contribution in [0.2, 0.25) is 0 Å². The molecule has 320 valence electrons. The predicted molar refractivity (Wildman–Crippen MR) is 226 cm³/mol. The van der Waals surface area contributed by atoms with Crippen molar-refractivity contribution in [3.05, 3.63) is 36.5 Å². The van der Waals surface area contributed by atoms with Crippen molar-refractivity contribution >= 4 is 17.9 Å². The molecule has 0 spiro atoms. The van der Waals surface area contributed by atoms with E-state index >= 15 is 0 Å². The Labute approximate surface area is 337 Å². The van der Waals surface area contributed by atoms with Crippen LogP contribution in [0.4, 0.5) is 0 Å². The minimum absolute atomic E-state index is 0.185. The number of unbranched alkanes of at least 4 members (excludes halogenated alkanes) is 19. The number of carbonyl (C=O) groups excluding carboxylic acids is 2. The number of allylic oxidation sites excluding steroid dienone is 6. The molecule has 0 heterocycles. The minimum atomic E-state index is -1.51. The molecule has 0 aromatic carbocycles. The van der Waals surface area contributed by atoms with Gasteiger partial charge in [-0.25, -0.2) is 4.79 Å². The molecule has 0 aromatic heterocycles. The molecule has 0 fully saturated rings. The summed E-state index contributed by atoms with van der Waals surface area (Å²) in [7, 11) is 5.95. The van der Waals surface area contributed by atoms with Crippen LogP contribution >= 0.6 is 0 Å². The summed E-state index contributed by atoms with van der Waals surface area (Å²) < 4.78 is 22.7. The highest BCUT2D eigenvalue weighted by molar-refractivity contribution is 5.71. The van der Waals surface area contributed by atoms with Gasteiger partial charge in [0.05, 0.1) is 34.4 Å². The van der Waals surface area contributed by atoms with Gasteiger partial charge in [-0.1, -0.05) is 140 Å². The highest BCUT2D eigenvalue weighted by Gasteiger charge is 2.25. The molecule has 2 atom stereocenters. The lowest BCUT2D eigenvalue weighted by Gasteiger charge is -2.25. The smallest absolute Gasteiger partial charge is 0.361 e. The number of likely N-dealkylation sites (N-methyl/N-ethyl adjacent to an activating group) is 1. The average molecular weight is 779 g/mol. The van der Waals surface area contributed by atoms with E-state index < -0.39 is 24.3 Å². The van der Waals surface area contributed by atoms with Gasteiger partial charge in [0.25, 0.3) is 6.29 Å². The third-order valence-electron chi connectivity index (χ3n) is 9.37. The molecule has 0 aromatic rings. The molecule has 1 N–H and O–H groups in total. The average Bonchev–Trinajstić information content (AvgIpc) is 3.14. The number of nitrogens with zero attached hydrogens (tertiary/aromatic N) is 1. The number of esters is 2. The third kappa shape index (κ3) is 39.5. The largest absolute Gasteiger partial charge is 0.477 e. The molecule has 2 unspecified atom stereocenters. The van der Waals surface area contributed by atoms with Crippen LogP contribution in [-0.2, 0) is 33.3 Å². The zero-order chi connectivity index (χ0) is 40.7. The molecule has 0 saturated carbocycles. The summed E-state index contributed by atoms with van der Waals surface area (Å²) in [6.07, 6.45) is 39.1. The Balaban J connectivity index is 4.42. The number of aliphatic carboxylic acids is 1. The number of carbonyl (C=O) groups is 3. The minimum Gasteiger partial charge on any atom is -0.477 e. The summed E-state index contributed by atoms with van der Waals surface area (Å²) in [6, 6.07) is 0. The Morgan fingerprint density at radius 2 is 1.00 bits per heavy atom. The molecular formula is C46H84NO8+. The summed E-state index contributed by atoms with van der Waals surface area (Å²) >= 11 is 0. The standard InChI is InChI=1S/C46H83NO8/c1-6-8-10-12-14-16-18-19-20-21-22-23-24-25-27-29-31-33-35-37-44(49)55-42(41-54-46(45(50)51)52-39-38-47(3,4)5)40-53-43(48)36-34-32-30-28-26-17-15-13-11-9-7-2/h13-16,19-20,42,46H,6-12,17-18,21-41H2,1-5H3/p+1/b15-13-,16-14-,20-19-. The van der Waals surface area contributed by atoms with Gasteiger partial charge in [-0.05, 0) is 64.2 Å². The molecule has 0 radical (unpaired) electrons. The summed E-state index contributed by atoms with van der Waals surface area (Å²) in [5, 5.41) is 9.62. The number of hydrogen-bond acceptors (Lipinski definition) is 7. The van der Waals surface area contributed by atoms with Gasteiger partial charge >= 0.3 is 17.9 Å². The van der Waals surface area contributed by atoms with Crippen molar-refractivity contribution in [1.82, 2.24) is 0 Å². The number of quaternary nitrogens is 1. The van der Waals surface area contributed by atoms with Crippen LogP contribution < -0.4 is 0 Å². The number of carboxylic acids is 1. The number of rotatable bonds is 40. The lowest BCUT2D eigenvalue weighted by molar-refractivity contribution is -0.870. The molecule has 0 aliphatic carbocycles. The summed E-state index contributed by atoms with van der Waals surface area (Å²) in [5.41, 5.74) is 0. The molecule has 55 heavy (non-hydrogen) atoms. The molecule has 9 heteroatoms. The monoisotopic (exact) mass is 779 g/mol. The fraction of sp³-hybridized carbons (Fsp3) is 0.804. The number of ether oxygens (including phenoxy) is 4. The maximum absolute atomic E-state index is 12.7. The van der Waals surface area contributed by atoms with Crippen LogP contribution in [0.3, 0.4) is 0 Å². The lowest BCUT2D eigenvalue weighted by Crippen LogP contribution is -2.40. The Morgan fingerprint density at radius 1 is 0.545 bits per heavy atom. The maximum atomic E-state index is 12.7. The van der Waals surface area contributed by atoms with Crippen molar-refractivity contribution in [2.75, 3.05) is 47.5 Å². The normalized spacial score (nSPS) is 13.3. The Morgan fingerprint density at radius 3 is 1.51 bits per heavy atom. The van der Waals surface area contributed by atoms with Crippen LogP contribution in [0.5, 0.6) is 0 Å². The molecule has 0 bridgehead atoms. The second kappa shape index (κ2) is 38.4. The van der Waals surface area contributed by atoms with E-state index in [0.717, 1.165) is 77.0 Å². The first-order chi connectivity index (χ1) is 26.6. The van der Waals surface area contributed by atoms with Crippen LogP contribution in [-0.4, -0.2) is 87.4 Å². The second-order valence-electron chi connectivity index (χ2n) is 16.0. The summed E-state index contributed by atoms with van der Waals surface area (Å²) in [4.78, 5) is 37.0. The first kappa shape index (κ1) is 52.5. The van der Waals surface area contributed by atoms with E-state index in [2.05, 4.69) is 50.3 Å². The Bertz CT molecular complexity index is 1000. The van der Waals surface area contributed by atoms with E-state index in [1.165, 1.54) is 70.6 Å². The molecular weight excluding hydrogens is 695 g/mol. The quantitative estimate of drug-likeness (QED) is 0.0215. The van der Waals surface area contributed by atoms with Crippen LogP contribution in [0.1, 0.15) is 181 Å². The van der Waals surface area contributed by atoms with Gasteiger partial charge in [0.15, 0.2) is 6.10 Å². The van der Waals surface area contributed by atoms with Crippen molar-refractivity contribution in [1.29, 1.82) is 0 Å². The molecule has 0 saturated heterocycles. The van der Waals surface area contributed by atoms with Gasteiger partial charge in [0.2, 0.25) is 0 Å². The molecule has 0 rings (SSSR count). The molecule has 9 nitrogen and oxygen atoms in total. The highest BCUT2D eigenvalue weighted by atomic mass is 16.7. The van der Waals surface area contributed by atoms with E-state index in [4.69, 9.17) is 18.9 Å². The molecule has 0 aliphatic heterocycles. The SMILES string of the molecule is CCCC/C=C\CCCCCCCC(=O)OCC(COC(OCC[N+](C)(C)C)C(=O)O)OC(=O)CCCCCCCCCCC/C=C\C/C=C\CCCCC. The van der Waals surface area contributed by atoms with Gasteiger partial charge in [-0.2, -0.15) is 0 Å². The van der Waals surface area contributed by atoms with Gasteiger partial charge in [-0.15, -0.1) is 0 Å². The van der Waals surface area contributed by atoms with Crippen LogP contribution in [0, 0.1) is 0 Å². The topological polar surface area (TPSA) is 108 Å². The van der Waals surface area contributed by atoms with Crippen molar-refractivity contribution in [2.24, 2.45) is 0 Å². The lowest BCUT2D eigenvalue weighted by atomic mass is 10.1. The third-order valence-corrected chi connectivity index (χ3v) is 9.37. The van der Waals surface area contributed by atoms with Gasteiger partial charge in [0, 0.05) is 12.8 Å². The Kier molecular flexibility index (Phi) is 36.6. The first-order valence-corrected chi connectivity index (χ1v) is 22.2. The van der Waals surface area contributed by atoms with E-state index in [1.54, 1.807) is 0 Å². The van der Waals surface area contributed by atoms with E-state index in [1.807, 2.05) is 21.1 Å². The Hall–Kier alpha value is -2.49. The van der Waals surface area contributed by atoms with Crippen LogP contribution in [0.15, 0.2) is 36.5 Å². The maximum Gasteiger partial charge on any atom is 0.361 e. The van der Waals surface area contributed by atoms with Crippen LogP contribution in [0.25, 0.3) is 0 Å². The predicted octanol–water partition coefficient (Wildman–Crippen LogP) is 11.4. The zero-order valence-electron chi connectivity index (χ0n) is 36.1. The highest BCUT2D eigenvalue weighted by Crippen LogP contribution is 2.14. The van der Waals surface area contributed by atoms with Gasteiger partial charge in [-0.3, -0.25) is 9.59 Å². The van der Waals surface area contributed by atoms with Crippen molar-refractivity contribution in [3.63, 3.8) is 0 Å². The summed E-state index contributed by atoms with van der Waals surface area (Å²) in [6.45, 7) is 4.78. The van der Waals surface area contributed by atoms with Crippen molar-refractivity contribution in [2.45, 2.75) is 193 Å². The molecule has 0 amide bonds. The van der Waals surface area contributed by atoms with Crippen molar-refractivity contribution < 1.29 is 42.9 Å². The fourth-order valence-corrected chi connectivity index (χ4v) is 5.85. The summed E-state index contributed by atoms with van der Waals surface area (Å²) in [5.74, 6) is -2.03. The second-order valence-corrected chi connectivity index (χ2v) is 16.0.